The fourth-order valence-electron chi connectivity index (χ4n) is 1.32. The van der Waals surface area contributed by atoms with Crippen molar-refractivity contribution in [2.45, 2.75) is 6.54 Å². The number of methoxy groups -OCH3 is 1. The Hall–Kier alpha value is -1.81. The van der Waals surface area contributed by atoms with E-state index in [9.17, 15) is 0 Å². The summed E-state index contributed by atoms with van der Waals surface area (Å²) in [4.78, 5) is 4.23. The van der Waals surface area contributed by atoms with Crippen LogP contribution in [0.2, 0.25) is 0 Å². The molecule has 0 aliphatic heterocycles. The van der Waals surface area contributed by atoms with Gasteiger partial charge in [0, 0.05) is 5.56 Å². The highest BCUT2D eigenvalue weighted by Crippen LogP contribution is 2.22. The summed E-state index contributed by atoms with van der Waals surface area (Å²) in [5.41, 5.74) is 7.15. The lowest BCUT2D eigenvalue weighted by atomic mass is 10.2. The van der Waals surface area contributed by atoms with Gasteiger partial charge >= 0.3 is 0 Å². The van der Waals surface area contributed by atoms with Crippen LogP contribution in [0.3, 0.4) is 0 Å². The number of hydrogen-bond donors (Lipinski definition) is 1. The monoisotopic (exact) mass is 204 g/mol. The summed E-state index contributed by atoms with van der Waals surface area (Å²) in [5.74, 6) is 1.33. The van der Waals surface area contributed by atoms with Gasteiger partial charge < -0.3 is 14.9 Å². The summed E-state index contributed by atoms with van der Waals surface area (Å²) in [6.45, 7) is 0.309. The van der Waals surface area contributed by atoms with Crippen molar-refractivity contribution in [3.63, 3.8) is 0 Å². The molecule has 4 nitrogen and oxygen atoms in total. The summed E-state index contributed by atoms with van der Waals surface area (Å²) < 4.78 is 10.3. The zero-order chi connectivity index (χ0) is 10.7. The molecule has 0 radical (unpaired) electrons. The van der Waals surface area contributed by atoms with Crippen LogP contribution in [0.25, 0.3) is 11.3 Å². The van der Waals surface area contributed by atoms with Crippen molar-refractivity contribution in [1.82, 2.24) is 4.98 Å². The predicted molar refractivity (Wildman–Crippen MR) is 56.4 cm³/mol. The third kappa shape index (κ3) is 1.99. The van der Waals surface area contributed by atoms with Crippen molar-refractivity contribution in [3.05, 3.63) is 36.4 Å². The predicted octanol–water partition coefficient (Wildman–Crippen LogP) is 1.81. The first-order valence-corrected chi connectivity index (χ1v) is 4.62. The molecule has 78 valence electrons. The van der Waals surface area contributed by atoms with E-state index < -0.39 is 0 Å². The maximum absolute atomic E-state index is 5.42. The van der Waals surface area contributed by atoms with E-state index in [2.05, 4.69) is 4.98 Å². The Balaban J connectivity index is 2.35. The standard InChI is InChI=1S/C11H12N2O2/c1-14-9-4-2-3-8(5-9)10-7-15-11(6-12)13-10/h2-5,7H,6,12H2,1H3. The number of hydrogen-bond acceptors (Lipinski definition) is 4. The number of nitrogens with two attached hydrogens (primary N) is 1. The molecule has 0 spiro atoms. The number of oxazole rings is 1. The molecule has 1 heterocycles. The molecule has 0 atom stereocenters. The molecule has 0 fully saturated rings. The Bertz CT molecular complexity index is 451. The summed E-state index contributed by atoms with van der Waals surface area (Å²) in [5, 5.41) is 0. The van der Waals surface area contributed by atoms with Crippen molar-refractivity contribution < 1.29 is 9.15 Å². The van der Waals surface area contributed by atoms with Gasteiger partial charge in [0.25, 0.3) is 0 Å². The largest absolute Gasteiger partial charge is 0.497 e. The Morgan fingerprint density at radius 3 is 3.00 bits per heavy atom. The van der Waals surface area contributed by atoms with Crippen LogP contribution in [-0.4, -0.2) is 12.1 Å². The molecule has 0 aliphatic carbocycles. The van der Waals surface area contributed by atoms with Crippen LogP contribution in [0.15, 0.2) is 34.9 Å². The summed E-state index contributed by atoms with van der Waals surface area (Å²) in [6.07, 6.45) is 1.59. The van der Waals surface area contributed by atoms with Crippen LogP contribution < -0.4 is 10.5 Å². The summed E-state index contributed by atoms with van der Waals surface area (Å²) in [7, 11) is 1.63. The molecule has 15 heavy (non-hydrogen) atoms. The van der Waals surface area contributed by atoms with Crippen LogP contribution in [0, 0.1) is 0 Å². The quantitative estimate of drug-likeness (QED) is 0.828. The van der Waals surface area contributed by atoms with Gasteiger partial charge in [0.15, 0.2) is 0 Å². The Morgan fingerprint density at radius 1 is 1.47 bits per heavy atom. The topological polar surface area (TPSA) is 61.3 Å². The van der Waals surface area contributed by atoms with Crippen molar-refractivity contribution in [3.8, 4) is 17.0 Å². The van der Waals surface area contributed by atoms with Crippen LogP contribution in [0.5, 0.6) is 5.75 Å². The number of aromatic nitrogens is 1. The molecule has 0 aliphatic rings. The molecule has 1 aromatic heterocycles. The maximum Gasteiger partial charge on any atom is 0.208 e. The minimum Gasteiger partial charge on any atom is -0.497 e. The van der Waals surface area contributed by atoms with Gasteiger partial charge in [0.1, 0.15) is 17.7 Å². The van der Waals surface area contributed by atoms with Gasteiger partial charge in [0.2, 0.25) is 5.89 Å². The second-order valence-electron chi connectivity index (χ2n) is 3.06. The highest BCUT2D eigenvalue weighted by atomic mass is 16.5. The molecule has 2 N–H and O–H groups in total. The summed E-state index contributed by atoms with van der Waals surface area (Å²) >= 11 is 0. The molecule has 1 aromatic carbocycles. The molecule has 0 saturated carbocycles. The third-order valence-corrected chi connectivity index (χ3v) is 2.09. The smallest absolute Gasteiger partial charge is 0.208 e. The van der Waals surface area contributed by atoms with Crippen LogP contribution in [-0.2, 0) is 6.54 Å². The zero-order valence-corrected chi connectivity index (χ0v) is 8.43. The molecule has 0 saturated heterocycles. The molecule has 0 bridgehead atoms. The van der Waals surface area contributed by atoms with E-state index in [1.54, 1.807) is 13.4 Å². The normalized spacial score (nSPS) is 10.3. The maximum atomic E-state index is 5.42. The molecule has 4 heteroatoms. The van der Waals surface area contributed by atoms with Crippen molar-refractivity contribution in [2.24, 2.45) is 5.73 Å². The van der Waals surface area contributed by atoms with E-state index in [0.29, 0.717) is 12.4 Å². The first kappa shape index (κ1) is 9.73. The molecule has 0 unspecified atom stereocenters. The first-order chi connectivity index (χ1) is 7.33. The average Bonchev–Trinajstić information content (AvgIpc) is 2.78. The first-order valence-electron chi connectivity index (χ1n) is 4.62. The number of rotatable bonds is 3. The second kappa shape index (κ2) is 4.14. The van der Waals surface area contributed by atoms with E-state index in [1.807, 2.05) is 24.3 Å². The summed E-state index contributed by atoms with van der Waals surface area (Å²) in [6, 6.07) is 7.64. The van der Waals surface area contributed by atoms with E-state index >= 15 is 0 Å². The zero-order valence-electron chi connectivity index (χ0n) is 8.43. The Morgan fingerprint density at radius 2 is 2.33 bits per heavy atom. The molecular formula is C11H12N2O2. The fraction of sp³-hybridized carbons (Fsp3) is 0.182. The van der Waals surface area contributed by atoms with Crippen LogP contribution in [0.4, 0.5) is 0 Å². The SMILES string of the molecule is COc1cccc(-c2coc(CN)n2)c1. The van der Waals surface area contributed by atoms with Crippen molar-refractivity contribution >= 4 is 0 Å². The lowest BCUT2D eigenvalue weighted by Crippen LogP contribution is -1.95. The number of nitrogens with zero attached hydrogens (tertiary/aromatic N) is 1. The van der Waals surface area contributed by atoms with Gasteiger partial charge in [-0.1, -0.05) is 12.1 Å². The van der Waals surface area contributed by atoms with Gasteiger partial charge in [-0.15, -0.1) is 0 Å². The van der Waals surface area contributed by atoms with E-state index in [-0.39, 0.29) is 0 Å². The van der Waals surface area contributed by atoms with Gasteiger partial charge in [-0.3, -0.25) is 0 Å². The number of ether oxygens (including phenoxy) is 1. The molecule has 0 amide bonds. The molecule has 2 rings (SSSR count). The second-order valence-corrected chi connectivity index (χ2v) is 3.06. The van der Waals surface area contributed by atoms with E-state index in [4.69, 9.17) is 14.9 Å². The van der Waals surface area contributed by atoms with Gasteiger partial charge in [-0.2, -0.15) is 0 Å². The van der Waals surface area contributed by atoms with Crippen molar-refractivity contribution in [1.29, 1.82) is 0 Å². The molecular weight excluding hydrogens is 192 g/mol. The van der Waals surface area contributed by atoms with Gasteiger partial charge in [-0.05, 0) is 12.1 Å². The van der Waals surface area contributed by atoms with E-state index in [1.165, 1.54) is 0 Å². The Labute approximate surface area is 87.7 Å². The van der Waals surface area contributed by atoms with E-state index in [0.717, 1.165) is 17.0 Å². The highest BCUT2D eigenvalue weighted by Gasteiger charge is 2.05. The lowest BCUT2D eigenvalue weighted by molar-refractivity contribution is 0.415. The van der Waals surface area contributed by atoms with Gasteiger partial charge in [-0.25, -0.2) is 4.98 Å². The number of benzene rings is 1. The van der Waals surface area contributed by atoms with Crippen LogP contribution in [0.1, 0.15) is 5.89 Å². The fourth-order valence-corrected chi connectivity index (χ4v) is 1.32. The lowest BCUT2D eigenvalue weighted by Gasteiger charge is -2.00. The van der Waals surface area contributed by atoms with Crippen molar-refractivity contribution in [2.75, 3.05) is 7.11 Å². The molecule has 2 aromatic rings. The minimum absolute atomic E-state index is 0.309. The Kier molecular flexibility index (Phi) is 2.69. The third-order valence-electron chi connectivity index (χ3n) is 2.09. The minimum atomic E-state index is 0.309. The average molecular weight is 204 g/mol. The van der Waals surface area contributed by atoms with Crippen LogP contribution >= 0.6 is 0 Å². The van der Waals surface area contributed by atoms with Gasteiger partial charge in [0.05, 0.1) is 13.7 Å². The highest BCUT2D eigenvalue weighted by molar-refractivity contribution is 5.60.